The van der Waals surface area contributed by atoms with Crippen LogP contribution in [0.25, 0.3) is 0 Å². The van der Waals surface area contributed by atoms with Crippen LogP contribution < -0.4 is 10.2 Å². The number of benzene rings is 1. The molecule has 1 atom stereocenters. The summed E-state index contributed by atoms with van der Waals surface area (Å²) < 4.78 is 61.4. The van der Waals surface area contributed by atoms with Crippen LogP contribution in [0.15, 0.2) is 29.2 Å². The molecule has 0 aromatic heterocycles. The first kappa shape index (κ1) is 15.1. The number of alkyl halides is 3. The van der Waals surface area contributed by atoms with E-state index < -0.39 is 20.2 Å². The van der Waals surface area contributed by atoms with Gasteiger partial charge in [0.15, 0.2) is 0 Å². The first-order chi connectivity index (χ1) is 9.25. The van der Waals surface area contributed by atoms with Crippen molar-refractivity contribution in [2.75, 3.05) is 25.0 Å². The van der Waals surface area contributed by atoms with Gasteiger partial charge in [0.2, 0.25) is 0 Å². The van der Waals surface area contributed by atoms with Gasteiger partial charge in [0, 0.05) is 19.6 Å². The predicted octanol–water partition coefficient (Wildman–Crippen LogP) is 1.78. The van der Waals surface area contributed by atoms with Gasteiger partial charge in [-0.3, -0.25) is 0 Å². The highest BCUT2D eigenvalue weighted by atomic mass is 32.2. The van der Waals surface area contributed by atoms with Crippen LogP contribution in [-0.4, -0.2) is 40.1 Å². The van der Waals surface area contributed by atoms with E-state index >= 15 is 0 Å². The smallest absolute Gasteiger partial charge is 0.369 e. The number of nitrogens with zero attached hydrogens (tertiary/aromatic N) is 1. The van der Waals surface area contributed by atoms with Crippen LogP contribution in [0.3, 0.4) is 0 Å². The van der Waals surface area contributed by atoms with Crippen LogP contribution in [0.5, 0.6) is 0 Å². The van der Waals surface area contributed by atoms with Gasteiger partial charge in [-0.2, -0.15) is 13.2 Å². The lowest BCUT2D eigenvalue weighted by atomic mass is 10.2. The maximum absolute atomic E-state index is 12.7. The van der Waals surface area contributed by atoms with Crippen molar-refractivity contribution in [2.24, 2.45) is 0 Å². The maximum Gasteiger partial charge on any atom is 0.501 e. The molecule has 4 nitrogen and oxygen atoms in total. The number of likely N-dealkylation sites (N-methyl/N-ethyl adjacent to an activating group) is 1. The largest absolute Gasteiger partial charge is 0.501 e. The second-order valence-corrected chi connectivity index (χ2v) is 6.58. The Hall–Kier alpha value is -1.28. The topological polar surface area (TPSA) is 49.4 Å². The van der Waals surface area contributed by atoms with Gasteiger partial charge in [0.25, 0.3) is 9.84 Å². The molecule has 1 saturated heterocycles. The highest BCUT2D eigenvalue weighted by Crippen LogP contribution is 2.36. The lowest BCUT2D eigenvalue weighted by Crippen LogP contribution is -2.35. The van der Waals surface area contributed by atoms with Crippen molar-refractivity contribution in [1.82, 2.24) is 5.32 Å². The summed E-state index contributed by atoms with van der Waals surface area (Å²) in [6, 6.07) is 5.21. The minimum atomic E-state index is -5.34. The van der Waals surface area contributed by atoms with Gasteiger partial charge in [0.1, 0.15) is 0 Å². The van der Waals surface area contributed by atoms with E-state index in [-0.39, 0.29) is 11.7 Å². The van der Waals surface area contributed by atoms with Crippen molar-refractivity contribution in [3.05, 3.63) is 24.3 Å². The van der Waals surface area contributed by atoms with Gasteiger partial charge < -0.3 is 10.2 Å². The maximum atomic E-state index is 12.7. The summed E-state index contributed by atoms with van der Waals surface area (Å²) in [6.45, 7) is 1.39. The summed E-state index contributed by atoms with van der Waals surface area (Å²) in [5, 5.41) is 3.10. The van der Waals surface area contributed by atoms with Gasteiger partial charge in [-0.1, -0.05) is 12.1 Å². The highest BCUT2D eigenvalue weighted by molar-refractivity contribution is 7.92. The van der Waals surface area contributed by atoms with Crippen molar-refractivity contribution in [3.63, 3.8) is 0 Å². The van der Waals surface area contributed by atoms with Gasteiger partial charge in [-0.05, 0) is 25.1 Å². The summed E-state index contributed by atoms with van der Waals surface area (Å²) in [5.74, 6) is 0. The van der Waals surface area contributed by atoms with Gasteiger partial charge >= 0.3 is 5.51 Å². The minimum Gasteiger partial charge on any atom is -0.369 e. The Labute approximate surface area is 115 Å². The first-order valence-corrected chi connectivity index (χ1v) is 7.57. The summed E-state index contributed by atoms with van der Waals surface area (Å²) in [5.41, 5.74) is -5.21. The zero-order valence-corrected chi connectivity index (χ0v) is 11.6. The third kappa shape index (κ3) is 2.62. The summed E-state index contributed by atoms with van der Waals surface area (Å²) in [7, 11) is -3.73. The summed E-state index contributed by atoms with van der Waals surface area (Å²) in [6.07, 6.45) is 0.761. The molecule has 1 aliphatic rings. The van der Waals surface area contributed by atoms with E-state index in [2.05, 4.69) is 5.32 Å². The van der Waals surface area contributed by atoms with Crippen LogP contribution in [0, 0.1) is 0 Å². The second kappa shape index (κ2) is 5.25. The zero-order valence-electron chi connectivity index (χ0n) is 10.8. The molecule has 112 valence electrons. The van der Waals surface area contributed by atoms with Crippen LogP contribution in [0.4, 0.5) is 18.9 Å². The van der Waals surface area contributed by atoms with E-state index in [1.807, 2.05) is 0 Å². The molecular formula is C12H15F3N2O2S. The van der Waals surface area contributed by atoms with Crippen LogP contribution >= 0.6 is 0 Å². The molecule has 0 radical (unpaired) electrons. The molecule has 1 heterocycles. The number of hydrogen-bond donors (Lipinski definition) is 1. The Morgan fingerprint density at radius 2 is 1.95 bits per heavy atom. The number of nitrogens with one attached hydrogen (secondary N) is 1. The number of rotatable bonds is 3. The van der Waals surface area contributed by atoms with E-state index in [0.717, 1.165) is 19.0 Å². The average molecular weight is 308 g/mol. The molecule has 1 aliphatic heterocycles. The third-order valence-corrected chi connectivity index (χ3v) is 4.96. The Bertz CT molecular complexity index is 581. The summed E-state index contributed by atoms with van der Waals surface area (Å²) >= 11 is 0. The molecule has 8 heteroatoms. The van der Waals surface area contributed by atoms with Crippen molar-refractivity contribution >= 4 is 15.5 Å². The van der Waals surface area contributed by atoms with Crippen molar-refractivity contribution in [3.8, 4) is 0 Å². The molecule has 0 bridgehead atoms. The molecule has 1 aromatic rings. The SMILES string of the molecule is CN(c1ccccc1S(=O)(=O)C(F)(F)F)C1CCNC1. The van der Waals surface area contributed by atoms with Crippen LogP contribution in [-0.2, 0) is 9.84 Å². The highest BCUT2D eigenvalue weighted by Gasteiger charge is 2.48. The molecule has 1 N–H and O–H groups in total. The fourth-order valence-corrected chi connectivity index (χ4v) is 3.26. The number of sulfone groups is 1. The summed E-state index contributed by atoms with van der Waals surface area (Å²) in [4.78, 5) is 0.903. The zero-order chi connectivity index (χ0) is 15.0. The second-order valence-electron chi connectivity index (χ2n) is 4.67. The quantitative estimate of drug-likeness (QED) is 0.925. The van der Waals surface area contributed by atoms with E-state index in [4.69, 9.17) is 0 Å². The Kier molecular flexibility index (Phi) is 3.97. The Morgan fingerprint density at radius 1 is 1.30 bits per heavy atom. The van der Waals surface area contributed by atoms with Crippen molar-refractivity contribution in [1.29, 1.82) is 0 Å². The molecule has 0 amide bonds. The minimum absolute atomic E-state index is 0.0143. The number of halogens is 3. The molecule has 0 aliphatic carbocycles. The van der Waals surface area contributed by atoms with Crippen LogP contribution in [0.2, 0.25) is 0 Å². The number of para-hydroxylation sites is 1. The average Bonchev–Trinajstić information content (AvgIpc) is 2.90. The Morgan fingerprint density at radius 3 is 2.50 bits per heavy atom. The molecule has 0 spiro atoms. The molecule has 1 unspecified atom stereocenters. The van der Waals surface area contributed by atoms with Crippen LogP contribution in [0.1, 0.15) is 6.42 Å². The third-order valence-electron chi connectivity index (χ3n) is 3.42. The lowest BCUT2D eigenvalue weighted by Gasteiger charge is -2.28. The fourth-order valence-electron chi connectivity index (χ4n) is 2.27. The molecular weight excluding hydrogens is 293 g/mol. The van der Waals surface area contributed by atoms with Gasteiger partial charge in [-0.25, -0.2) is 8.42 Å². The van der Waals surface area contributed by atoms with Crippen molar-refractivity contribution < 1.29 is 21.6 Å². The van der Waals surface area contributed by atoms with E-state index in [9.17, 15) is 21.6 Å². The molecule has 0 saturated carbocycles. The van der Waals surface area contributed by atoms with E-state index in [1.54, 1.807) is 11.9 Å². The molecule has 1 aromatic carbocycles. The van der Waals surface area contributed by atoms with E-state index in [0.29, 0.717) is 6.54 Å². The fraction of sp³-hybridized carbons (Fsp3) is 0.500. The van der Waals surface area contributed by atoms with Gasteiger partial charge in [-0.15, -0.1) is 0 Å². The Balaban J connectivity index is 2.46. The van der Waals surface area contributed by atoms with E-state index in [1.165, 1.54) is 18.2 Å². The number of anilines is 1. The standard InChI is InChI=1S/C12H15F3N2O2S/c1-17(9-6-7-16-8-9)10-4-2-3-5-11(10)20(18,19)12(13,14)15/h2-5,9,16H,6-8H2,1H3. The monoisotopic (exact) mass is 308 g/mol. The normalized spacial score (nSPS) is 20.1. The number of hydrogen-bond acceptors (Lipinski definition) is 4. The van der Waals surface area contributed by atoms with Gasteiger partial charge in [0.05, 0.1) is 10.6 Å². The molecule has 1 fully saturated rings. The van der Waals surface area contributed by atoms with Crippen molar-refractivity contribution in [2.45, 2.75) is 22.9 Å². The predicted molar refractivity (Wildman–Crippen MR) is 69.4 cm³/mol. The molecule has 20 heavy (non-hydrogen) atoms. The lowest BCUT2D eigenvalue weighted by molar-refractivity contribution is -0.0435. The first-order valence-electron chi connectivity index (χ1n) is 6.09. The molecule has 2 rings (SSSR count).